The summed E-state index contributed by atoms with van der Waals surface area (Å²) in [6, 6.07) is 6.66. The highest BCUT2D eigenvalue weighted by molar-refractivity contribution is 6.82. The maximum absolute atomic E-state index is 12.1. The van der Waals surface area contributed by atoms with E-state index in [2.05, 4.69) is 21.8 Å². The summed E-state index contributed by atoms with van der Waals surface area (Å²) in [6.45, 7) is 4.00. The van der Waals surface area contributed by atoms with Crippen molar-refractivity contribution in [2.45, 2.75) is 25.7 Å². The quantitative estimate of drug-likeness (QED) is 0.228. The summed E-state index contributed by atoms with van der Waals surface area (Å²) in [5, 5.41) is 3.31. The van der Waals surface area contributed by atoms with Gasteiger partial charge in [0.05, 0.1) is 25.0 Å². The Balaban J connectivity index is 2.60. The minimum atomic E-state index is -0.774. The molecule has 0 atom stereocenters. The van der Waals surface area contributed by atoms with Gasteiger partial charge in [-0.2, -0.15) is 5.10 Å². The molecule has 0 aliphatic heterocycles. The second-order valence-electron chi connectivity index (χ2n) is 4.83. The van der Waals surface area contributed by atoms with Gasteiger partial charge in [-0.15, -0.1) is 6.58 Å². The van der Waals surface area contributed by atoms with Gasteiger partial charge in [-0.25, -0.2) is 9.59 Å². The highest BCUT2D eigenvalue weighted by atomic mass is 35.5. The molecule has 130 valence electrons. The molecule has 1 N–H and O–H groups in total. The fourth-order valence-corrected chi connectivity index (χ4v) is 1.93. The molecule has 0 saturated heterocycles. The number of allylic oxidation sites excluding steroid dienone is 1. The average molecular weight is 353 g/mol. The predicted octanol–water partition coefficient (Wildman–Crippen LogP) is 3.73. The van der Waals surface area contributed by atoms with Gasteiger partial charge in [0.25, 0.3) is 0 Å². The highest BCUT2D eigenvalue weighted by Gasteiger charge is 2.13. The first-order valence-electron chi connectivity index (χ1n) is 7.54. The molecule has 0 aliphatic carbocycles. The first-order chi connectivity index (χ1) is 11.6. The molecular weight excluding hydrogens is 332 g/mol. The summed E-state index contributed by atoms with van der Waals surface area (Å²) in [5.74, 6) is -1.24. The SMILES string of the molecule is C=CCCCCCOC(=O)c1ccccc1N/N=C(/Cl)C(=O)OC. The molecule has 0 amide bonds. The molecule has 0 aromatic heterocycles. The van der Waals surface area contributed by atoms with Gasteiger partial charge in [-0.05, 0) is 37.8 Å². The number of nitrogens with one attached hydrogen (secondary N) is 1. The zero-order chi connectivity index (χ0) is 17.8. The van der Waals surface area contributed by atoms with Crippen LogP contribution < -0.4 is 5.43 Å². The minimum Gasteiger partial charge on any atom is -0.464 e. The predicted molar refractivity (Wildman–Crippen MR) is 94.3 cm³/mol. The molecule has 0 bridgehead atoms. The van der Waals surface area contributed by atoms with Crippen molar-refractivity contribution in [3.8, 4) is 0 Å². The lowest BCUT2D eigenvalue weighted by Gasteiger charge is -2.09. The number of rotatable bonds is 10. The van der Waals surface area contributed by atoms with Gasteiger partial charge in [-0.1, -0.05) is 29.8 Å². The number of carbonyl (C=O) groups is 2. The standard InChI is InChI=1S/C17H21ClN2O4/c1-3-4-5-6-9-12-24-16(21)13-10-7-8-11-14(13)19-20-15(18)17(22)23-2/h3,7-8,10-11,19H,1,4-6,9,12H2,2H3/b20-15+. The molecular formula is C17H21ClN2O4. The van der Waals surface area contributed by atoms with E-state index in [0.717, 1.165) is 25.7 Å². The van der Waals surface area contributed by atoms with Crippen LogP contribution in [0.4, 0.5) is 5.69 Å². The van der Waals surface area contributed by atoms with Gasteiger partial charge in [0, 0.05) is 0 Å². The first kappa shape index (κ1) is 19.7. The number of unbranched alkanes of at least 4 members (excludes halogenated alkanes) is 3. The van der Waals surface area contributed by atoms with Crippen LogP contribution in [-0.4, -0.2) is 30.8 Å². The van der Waals surface area contributed by atoms with Gasteiger partial charge < -0.3 is 9.47 Å². The molecule has 1 aromatic rings. The highest BCUT2D eigenvalue weighted by Crippen LogP contribution is 2.17. The molecule has 0 fully saturated rings. The van der Waals surface area contributed by atoms with Gasteiger partial charge in [0.2, 0.25) is 5.17 Å². The second-order valence-corrected chi connectivity index (χ2v) is 5.18. The number of hydrogen-bond donors (Lipinski definition) is 1. The number of halogens is 1. The third-order valence-electron chi connectivity index (χ3n) is 3.06. The fraction of sp³-hybridized carbons (Fsp3) is 0.353. The Bertz CT molecular complexity index is 602. The summed E-state index contributed by atoms with van der Waals surface area (Å²) < 4.78 is 9.68. The minimum absolute atomic E-state index is 0.307. The summed E-state index contributed by atoms with van der Waals surface area (Å²) in [5.41, 5.74) is 3.26. The van der Waals surface area contributed by atoms with Gasteiger partial charge >= 0.3 is 11.9 Å². The van der Waals surface area contributed by atoms with Gasteiger partial charge in [0.15, 0.2) is 0 Å². The van der Waals surface area contributed by atoms with E-state index < -0.39 is 11.9 Å². The van der Waals surface area contributed by atoms with Crippen molar-refractivity contribution in [1.82, 2.24) is 0 Å². The van der Waals surface area contributed by atoms with Crippen LogP contribution in [0.25, 0.3) is 0 Å². The smallest absolute Gasteiger partial charge is 0.370 e. The largest absolute Gasteiger partial charge is 0.464 e. The number of hydrazone groups is 1. The third kappa shape index (κ3) is 6.83. The second kappa shape index (κ2) is 11.2. The molecule has 0 saturated carbocycles. The van der Waals surface area contributed by atoms with Crippen molar-refractivity contribution in [3.63, 3.8) is 0 Å². The number of anilines is 1. The number of ether oxygens (including phenoxy) is 2. The summed E-state index contributed by atoms with van der Waals surface area (Å²) in [6.07, 6.45) is 5.62. The number of esters is 2. The van der Waals surface area contributed by atoms with Crippen LogP contribution in [0, 0.1) is 0 Å². The number of hydrogen-bond acceptors (Lipinski definition) is 6. The Labute approximate surface area is 146 Å². The maximum atomic E-state index is 12.1. The van der Waals surface area contributed by atoms with E-state index in [1.54, 1.807) is 24.3 Å². The average Bonchev–Trinajstić information content (AvgIpc) is 2.61. The van der Waals surface area contributed by atoms with Crippen molar-refractivity contribution in [3.05, 3.63) is 42.5 Å². The topological polar surface area (TPSA) is 77.0 Å². The molecule has 0 unspecified atom stereocenters. The van der Waals surface area contributed by atoms with E-state index in [0.29, 0.717) is 17.9 Å². The fourth-order valence-electron chi connectivity index (χ4n) is 1.81. The Morgan fingerprint density at radius 2 is 2.04 bits per heavy atom. The number of benzene rings is 1. The van der Waals surface area contributed by atoms with Crippen LogP contribution in [0.1, 0.15) is 36.0 Å². The molecule has 24 heavy (non-hydrogen) atoms. The summed E-state index contributed by atoms with van der Waals surface area (Å²) >= 11 is 5.65. The van der Waals surface area contributed by atoms with E-state index >= 15 is 0 Å². The Kier molecular flexibility index (Phi) is 9.23. The zero-order valence-corrected chi connectivity index (χ0v) is 14.3. The van der Waals surface area contributed by atoms with Crippen molar-refractivity contribution in [2.75, 3.05) is 19.1 Å². The van der Waals surface area contributed by atoms with Crippen LogP contribution in [0.5, 0.6) is 0 Å². The molecule has 1 aromatic carbocycles. The Hall–Kier alpha value is -2.34. The van der Waals surface area contributed by atoms with E-state index in [-0.39, 0.29) is 5.17 Å². The molecule has 0 spiro atoms. The van der Waals surface area contributed by atoms with Crippen molar-refractivity contribution in [1.29, 1.82) is 0 Å². The van der Waals surface area contributed by atoms with Crippen LogP contribution in [0.3, 0.4) is 0 Å². The number of para-hydroxylation sites is 1. The van der Waals surface area contributed by atoms with E-state index in [1.807, 2.05) is 6.08 Å². The third-order valence-corrected chi connectivity index (χ3v) is 3.30. The van der Waals surface area contributed by atoms with Gasteiger partial charge in [0.1, 0.15) is 0 Å². The van der Waals surface area contributed by atoms with Crippen LogP contribution in [-0.2, 0) is 14.3 Å². The van der Waals surface area contributed by atoms with Crippen molar-refractivity contribution in [2.24, 2.45) is 5.10 Å². The number of carbonyl (C=O) groups excluding carboxylic acids is 2. The zero-order valence-electron chi connectivity index (χ0n) is 13.6. The lowest BCUT2D eigenvalue weighted by molar-refractivity contribution is -0.132. The molecule has 1 rings (SSSR count). The molecule has 6 nitrogen and oxygen atoms in total. The van der Waals surface area contributed by atoms with Crippen molar-refractivity contribution < 1.29 is 19.1 Å². The normalized spacial score (nSPS) is 10.8. The monoisotopic (exact) mass is 352 g/mol. The van der Waals surface area contributed by atoms with E-state index in [9.17, 15) is 9.59 Å². The van der Waals surface area contributed by atoms with E-state index in [1.165, 1.54) is 7.11 Å². The lowest BCUT2D eigenvalue weighted by atomic mass is 10.2. The molecule has 0 radical (unpaired) electrons. The maximum Gasteiger partial charge on any atom is 0.370 e. The number of nitrogens with zero attached hydrogens (tertiary/aromatic N) is 1. The molecule has 7 heteroatoms. The van der Waals surface area contributed by atoms with Crippen LogP contribution >= 0.6 is 11.6 Å². The summed E-state index contributed by atoms with van der Waals surface area (Å²) in [4.78, 5) is 23.3. The van der Waals surface area contributed by atoms with E-state index in [4.69, 9.17) is 16.3 Å². The van der Waals surface area contributed by atoms with Crippen LogP contribution in [0.15, 0.2) is 42.0 Å². The lowest BCUT2D eigenvalue weighted by Crippen LogP contribution is -2.13. The first-order valence-corrected chi connectivity index (χ1v) is 7.92. The molecule has 0 aliphatic rings. The molecule has 0 heterocycles. The van der Waals surface area contributed by atoms with Crippen molar-refractivity contribution >= 4 is 34.4 Å². The Morgan fingerprint density at radius 3 is 2.75 bits per heavy atom. The van der Waals surface area contributed by atoms with Gasteiger partial charge in [-0.3, -0.25) is 5.43 Å². The Morgan fingerprint density at radius 1 is 1.29 bits per heavy atom. The van der Waals surface area contributed by atoms with Crippen LogP contribution in [0.2, 0.25) is 0 Å². The summed E-state index contributed by atoms with van der Waals surface area (Å²) in [7, 11) is 1.20. The number of methoxy groups -OCH3 is 1.